The molecule has 0 amide bonds. The van der Waals surface area contributed by atoms with Crippen molar-refractivity contribution in [2.75, 3.05) is 16.8 Å². The topological polar surface area (TPSA) is 65.8 Å². The SMILES string of the molecule is N#Cc1cc2c(nc1NC1CCS(=O)CC1)CCC2. The fourth-order valence-electron chi connectivity index (χ4n) is 2.80. The van der Waals surface area contributed by atoms with E-state index in [9.17, 15) is 9.47 Å². The summed E-state index contributed by atoms with van der Waals surface area (Å²) in [5.41, 5.74) is 3.01. The van der Waals surface area contributed by atoms with E-state index < -0.39 is 10.8 Å². The normalized spacial score (nSPS) is 25.6. The minimum atomic E-state index is -0.651. The molecule has 0 atom stereocenters. The largest absolute Gasteiger partial charge is 0.366 e. The molecule has 2 aliphatic rings. The molecule has 1 saturated heterocycles. The highest BCUT2D eigenvalue weighted by atomic mass is 32.2. The molecular weight excluding hydrogens is 258 g/mol. The Labute approximate surface area is 115 Å². The van der Waals surface area contributed by atoms with Crippen molar-refractivity contribution in [2.45, 2.75) is 38.1 Å². The van der Waals surface area contributed by atoms with Crippen LogP contribution in [-0.4, -0.2) is 26.7 Å². The minimum Gasteiger partial charge on any atom is -0.366 e. The van der Waals surface area contributed by atoms with Gasteiger partial charge in [-0.2, -0.15) is 5.26 Å². The van der Waals surface area contributed by atoms with Crippen molar-refractivity contribution in [3.05, 3.63) is 22.9 Å². The van der Waals surface area contributed by atoms with Crippen LogP contribution >= 0.6 is 0 Å². The van der Waals surface area contributed by atoms with E-state index in [4.69, 9.17) is 0 Å². The van der Waals surface area contributed by atoms with E-state index in [0.29, 0.717) is 11.6 Å². The molecule has 0 unspecified atom stereocenters. The zero-order chi connectivity index (χ0) is 13.2. The maximum Gasteiger partial charge on any atom is 0.144 e. The Kier molecular flexibility index (Phi) is 3.52. The lowest BCUT2D eigenvalue weighted by atomic mass is 10.1. The summed E-state index contributed by atoms with van der Waals surface area (Å²) in [6.45, 7) is 0. The van der Waals surface area contributed by atoms with Crippen molar-refractivity contribution in [1.82, 2.24) is 4.98 Å². The molecule has 0 bridgehead atoms. The number of nitriles is 1. The smallest absolute Gasteiger partial charge is 0.144 e. The molecule has 5 heteroatoms. The Morgan fingerprint density at radius 3 is 2.89 bits per heavy atom. The Balaban J connectivity index is 1.80. The third-order valence-corrected chi connectivity index (χ3v) is 5.28. The average molecular weight is 275 g/mol. The van der Waals surface area contributed by atoms with Gasteiger partial charge in [0.2, 0.25) is 0 Å². The summed E-state index contributed by atoms with van der Waals surface area (Å²) in [4.78, 5) is 4.63. The molecule has 1 aliphatic carbocycles. The number of aryl methyl sites for hydroxylation is 2. The standard InChI is InChI=1S/C14H17N3OS/c15-9-11-8-10-2-1-3-13(10)17-14(11)16-12-4-6-19(18)7-5-12/h8,12H,1-7H2,(H,16,17). The van der Waals surface area contributed by atoms with Gasteiger partial charge in [-0.15, -0.1) is 0 Å². The van der Waals surface area contributed by atoms with Crippen molar-refractivity contribution in [3.8, 4) is 6.07 Å². The summed E-state index contributed by atoms with van der Waals surface area (Å²) in [6, 6.07) is 4.53. The number of pyridine rings is 1. The van der Waals surface area contributed by atoms with Crippen LogP contribution in [0, 0.1) is 11.3 Å². The average Bonchev–Trinajstić information content (AvgIpc) is 2.87. The number of rotatable bonds is 2. The van der Waals surface area contributed by atoms with Crippen LogP contribution in [0.3, 0.4) is 0 Å². The Morgan fingerprint density at radius 1 is 1.37 bits per heavy atom. The number of anilines is 1. The van der Waals surface area contributed by atoms with Gasteiger partial charge in [0.05, 0.1) is 5.56 Å². The van der Waals surface area contributed by atoms with Gasteiger partial charge in [-0.25, -0.2) is 4.98 Å². The van der Waals surface area contributed by atoms with Gasteiger partial charge in [-0.05, 0) is 43.7 Å². The Morgan fingerprint density at radius 2 is 2.16 bits per heavy atom. The monoisotopic (exact) mass is 275 g/mol. The van der Waals surface area contributed by atoms with Crippen LogP contribution in [0.1, 0.15) is 36.1 Å². The van der Waals surface area contributed by atoms with Crippen molar-refractivity contribution in [1.29, 1.82) is 5.26 Å². The van der Waals surface area contributed by atoms with Crippen LogP contribution in [0.5, 0.6) is 0 Å². The lowest BCUT2D eigenvalue weighted by molar-refractivity contribution is 0.622. The third-order valence-electron chi connectivity index (χ3n) is 3.90. The molecule has 0 aromatic carbocycles. The van der Waals surface area contributed by atoms with Crippen molar-refractivity contribution in [3.63, 3.8) is 0 Å². The van der Waals surface area contributed by atoms with Crippen molar-refractivity contribution < 1.29 is 4.21 Å². The second-order valence-corrected chi connectivity index (χ2v) is 6.92. The van der Waals surface area contributed by atoms with E-state index >= 15 is 0 Å². The minimum absolute atomic E-state index is 0.303. The van der Waals surface area contributed by atoms with E-state index in [0.717, 1.165) is 55.1 Å². The van der Waals surface area contributed by atoms with Crippen LogP contribution < -0.4 is 5.32 Å². The predicted molar refractivity (Wildman–Crippen MR) is 75.5 cm³/mol. The molecule has 1 N–H and O–H groups in total. The van der Waals surface area contributed by atoms with E-state index in [1.807, 2.05) is 6.07 Å². The Bertz CT molecular complexity index is 555. The van der Waals surface area contributed by atoms with Gasteiger partial charge in [0.25, 0.3) is 0 Å². The van der Waals surface area contributed by atoms with Crippen molar-refractivity contribution >= 4 is 16.6 Å². The number of hydrogen-bond acceptors (Lipinski definition) is 4. The molecular formula is C14H17N3OS. The quantitative estimate of drug-likeness (QED) is 0.893. The zero-order valence-electron chi connectivity index (χ0n) is 10.8. The molecule has 1 aromatic rings. The van der Waals surface area contributed by atoms with Gasteiger partial charge < -0.3 is 5.32 Å². The highest BCUT2D eigenvalue weighted by molar-refractivity contribution is 7.85. The number of fused-ring (bicyclic) bond motifs is 1. The molecule has 3 rings (SSSR count). The van der Waals surface area contributed by atoms with Crippen LogP contribution in [0.15, 0.2) is 6.07 Å². The summed E-state index contributed by atoms with van der Waals surface area (Å²) < 4.78 is 11.4. The molecule has 1 aromatic heterocycles. The molecule has 2 heterocycles. The van der Waals surface area contributed by atoms with Gasteiger partial charge in [0, 0.05) is 34.0 Å². The summed E-state index contributed by atoms with van der Waals surface area (Å²) in [5.74, 6) is 2.23. The molecule has 1 fully saturated rings. The second kappa shape index (κ2) is 5.30. The van der Waals surface area contributed by atoms with E-state index in [-0.39, 0.29) is 0 Å². The summed E-state index contributed by atoms with van der Waals surface area (Å²) in [5, 5.41) is 12.6. The summed E-state index contributed by atoms with van der Waals surface area (Å²) in [6.07, 6.45) is 5.00. The first kappa shape index (κ1) is 12.6. The second-order valence-electron chi connectivity index (χ2n) is 5.22. The van der Waals surface area contributed by atoms with Crippen LogP contribution in [0.25, 0.3) is 0 Å². The molecule has 0 radical (unpaired) electrons. The fraction of sp³-hybridized carbons (Fsp3) is 0.571. The van der Waals surface area contributed by atoms with E-state index in [2.05, 4.69) is 16.4 Å². The number of aromatic nitrogens is 1. The summed E-state index contributed by atoms with van der Waals surface area (Å²) >= 11 is 0. The molecule has 100 valence electrons. The first-order valence-corrected chi connectivity index (χ1v) is 8.29. The maximum atomic E-state index is 11.4. The predicted octanol–water partition coefficient (Wildman–Crippen LogP) is 1.76. The van der Waals surface area contributed by atoms with Gasteiger partial charge in [-0.3, -0.25) is 4.21 Å². The third kappa shape index (κ3) is 2.64. The molecule has 19 heavy (non-hydrogen) atoms. The molecule has 1 aliphatic heterocycles. The van der Waals surface area contributed by atoms with E-state index in [1.165, 1.54) is 5.56 Å². The summed E-state index contributed by atoms with van der Waals surface area (Å²) in [7, 11) is -0.651. The van der Waals surface area contributed by atoms with Gasteiger partial charge in [0.15, 0.2) is 0 Å². The lowest BCUT2D eigenvalue weighted by Gasteiger charge is -2.23. The molecule has 0 saturated carbocycles. The van der Waals surface area contributed by atoms with Gasteiger partial charge >= 0.3 is 0 Å². The highest BCUT2D eigenvalue weighted by Gasteiger charge is 2.21. The molecule has 4 nitrogen and oxygen atoms in total. The lowest BCUT2D eigenvalue weighted by Crippen LogP contribution is -2.30. The number of nitrogens with one attached hydrogen (secondary N) is 1. The van der Waals surface area contributed by atoms with Gasteiger partial charge in [-0.1, -0.05) is 0 Å². The van der Waals surface area contributed by atoms with Crippen LogP contribution in [0.2, 0.25) is 0 Å². The van der Waals surface area contributed by atoms with Crippen molar-refractivity contribution in [2.24, 2.45) is 0 Å². The maximum absolute atomic E-state index is 11.4. The van der Waals surface area contributed by atoms with Crippen LogP contribution in [-0.2, 0) is 23.6 Å². The zero-order valence-corrected chi connectivity index (χ0v) is 11.6. The first-order valence-electron chi connectivity index (χ1n) is 6.80. The first-order chi connectivity index (χ1) is 9.26. The number of hydrogen-bond donors (Lipinski definition) is 1. The highest BCUT2D eigenvalue weighted by Crippen LogP contribution is 2.26. The van der Waals surface area contributed by atoms with Crippen LogP contribution in [0.4, 0.5) is 5.82 Å². The van der Waals surface area contributed by atoms with E-state index in [1.54, 1.807) is 0 Å². The molecule has 0 spiro atoms. The number of nitrogens with zero attached hydrogens (tertiary/aromatic N) is 2. The fourth-order valence-corrected chi connectivity index (χ4v) is 4.10. The Hall–Kier alpha value is -1.41. The van der Waals surface area contributed by atoms with Gasteiger partial charge in [0.1, 0.15) is 11.9 Å².